The lowest BCUT2D eigenvalue weighted by molar-refractivity contribution is -0.117. The van der Waals surface area contributed by atoms with Crippen molar-refractivity contribution in [3.63, 3.8) is 0 Å². The molecule has 2 N–H and O–H groups in total. The van der Waals surface area contributed by atoms with Crippen molar-refractivity contribution >= 4 is 33.8 Å². The van der Waals surface area contributed by atoms with Crippen molar-refractivity contribution in [1.82, 2.24) is 4.98 Å². The van der Waals surface area contributed by atoms with Crippen LogP contribution in [0, 0.1) is 5.41 Å². The molecule has 0 saturated heterocycles. The average molecular weight is 396 g/mol. The van der Waals surface area contributed by atoms with Crippen LogP contribution in [0.5, 0.6) is 5.75 Å². The maximum Gasteiger partial charge on any atom is 0.224 e. The van der Waals surface area contributed by atoms with E-state index in [1.165, 1.54) is 11.3 Å². The van der Waals surface area contributed by atoms with E-state index in [4.69, 9.17) is 4.74 Å². The number of nitrogens with one attached hydrogen (secondary N) is 2. The second-order valence-corrected chi connectivity index (χ2v) is 8.58. The van der Waals surface area contributed by atoms with Gasteiger partial charge in [-0.15, -0.1) is 11.3 Å². The zero-order valence-corrected chi connectivity index (χ0v) is 17.4. The maximum absolute atomic E-state index is 12.1. The van der Waals surface area contributed by atoms with Gasteiger partial charge in [0.1, 0.15) is 5.75 Å². The monoisotopic (exact) mass is 395 g/mol. The number of carbonyl (C=O) groups is 1. The van der Waals surface area contributed by atoms with Gasteiger partial charge in [-0.05, 0) is 29.7 Å². The molecule has 0 aliphatic carbocycles. The lowest BCUT2D eigenvalue weighted by Gasteiger charge is -2.17. The Labute approximate surface area is 169 Å². The van der Waals surface area contributed by atoms with Gasteiger partial charge in [-0.2, -0.15) is 0 Å². The first-order valence-corrected chi connectivity index (χ1v) is 9.98. The summed E-state index contributed by atoms with van der Waals surface area (Å²) in [5, 5.41) is 9.04. The van der Waals surface area contributed by atoms with Crippen LogP contribution >= 0.6 is 11.3 Å². The Balaban J connectivity index is 1.67. The maximum atomic E-state index is 12.1. The molecular weight excluding hydrogens is 370 g/mol. The number of anilines is 3. The molecule has 28 heavy (non-hydrogen) atoms. The minimum atomic E-state index is -0.0323. The molecule has 0 radical (unpaired) electrons. The highest BCUT2D eigenvalue weighted by molar-refractivity contribution is 7.14. The Morgan fingerprint density at radius 2 is 1.82 bits per heavy atom. The number of thiazole rings is 1. The molecule has 0 unspecified atom stereocenters. The van der Waals surface area contributed by atoms with E-state index >= 15 is 0 Å². The van der Waals surface area contributed by atoms with Crippen molar-refractivity contribution in [2.75, 3.05) is 17.7 Å². The van der Waals surface area contributed by atoms with Gasteiger partial charge in [0.2, 0.25) is 5.91 Å². The highest BCUT2D eigenvalue weighted by Gasteiger charge is 2.16. The molecule has 6 heteroatoms. The molecule has 0 saturated carbocycles. The summed E-state index contributed by atoms with van der Waals surface area (Å²) in [6.45, 7) is 6.15. The van der Waals surface area contributed by atoms with Crippen molar-refractivity contribution in [2.24, 2.45) is 5.41 Å². The average Bonchev–Trinajstić information content (AvgIpc) is 3.09. The van der Waals surface area contributed by atoms with E-state index in [9.17, 15) is 4.79 Å². The number of hydrogen-bond donors (Lipinski definition) is 2. The van der Waals surface area contributed by atoms with Crippen LogP contribution in [0.4, 0.5) is 16.5 Å². The molecule has 0 aliphatic heterocycles. The van der Waals surface area contributed by atoms with Gasteiger partial charge in [-0.3, -0.25) is 4.79 Å². The molecule has 1 amide bonds. The van der Waals surface area contributed by atoms with Gasteiger partial charge in [-0.25, -0.2) is 4.98 Å². The van der Waals surface area contributed by atoms with E-state index < -0.39 is 0 Å². The van der Waals surface area contributed by atoms with E-state index in [1.807, 2.05) is 53.9 Å². The number of hydrogen-bond acceptors (Lipinski definition) is 5. The van der Waals surface area contributed by atoms with Gasteiger partial charge >= 0.3 is 0 Å². The molecule has 0 spiro atoms. The summed E-state index contributed by atoms with van der Waals surface area (Å²) < 4.78 is 5.36. The number of ether oxygens (including phenoxy) is 1. The fraction of sp³-hybridized carbons (Fsp3) is 0.273. The standard InChI is InChI=1S/C22H25N3O2S/c1-22(2,3)13-20(26)23-16-11-9-15(10-12-16)18-14-28-21(25-18)24-17-7-5-6-8-19(17)27-4/h5-12,14H,13H2,1-4H3,(H,23,26)(H,24,25). The summed E-state index contributed by atoms with van der Waals surface area (Å²) in [4.78, 5) is 16.7. The van der Waals surface area contributed by atoms with E-state index in [0.717, 1.165) is 33.5 Å². The summed E-state index contributed by atoms with van der Waals surface area (Å²) in [5.41, 5.74) is 3.52. The lowest BCUT2D eigenvalue weighted by atomic mass is 9.92. The molecule has 1 aromatic heterocycles. The number of aromatic nitrogens is 1. The highest BCUT2D eigenvalue weighted by atomic mass is 32.1. The Bertz CT molecular complexity index is 943. The van der Waals surface area contributed by atoms with Crippen LogP contribution in [0.3, 0.4) is 0 Å². The highest BCUT2D eigenvalue weighted by Crippen LogP contribution is 2.31. The van der Waals surface area contributed by atoms with Gasteiger partial charge in [0.05, 0.1) is 18.5 Å². The minimum absolute atomic E-state index is 0.0252. The zero-order chi connectivity index (χ0) is 20.1. The van der Waals surface area contributed by atoms with Crippen LogP contribution in [0.1, 0.15) is 27.2 Å². The SMILES string of the molecule is COc1ccccc1Nc1nc(-c2ccc(NC(=O)CC(C)(C)C)cc2)cs1. The van der Waals surface area contributed by atoms with Gasteiger partial charge in [0, 0.05) is 23.1 Å². The van der Waals surface area contributed by atoms with Crippen LogP contribution < -0.4 is 15.4 Å². The normalized spacial score (nSPS) is 11.1. The Morgan fingerprint density at radius 3 is 2.50 bits per heavy atom. The number of nitrogens with zero attached hydrogens (tertiary/aromatic N) is 1. The number of rotatable bonds is 6. The summed E-state index contributed by atoms with van der Waals surface area (Å²) in [5.74, 6) is 0.798. The van der Waals surface area contributed by atoms with Gasteiger partial charge < -0.3 is 15.4 Å². The van der Waals surface area contributed by atoms with Crippen molar-refractivity contribution in [1.29, 1.82) is 0 Å². The van der Waals surface area contributed by atoms with E-state index in [2.05, 4.69) is 36.4 Å². The predicted molar refractivity (Wildman–Crippen MR) is 117 cm³/mol. The van der Waals surface area contributed by atoms with Gasteiger partial charge in [0.25, 0.3) is 0 Å². The summed E-state index contributed by atoms with van der Waals surface area (Å²) >= 11 is 1.53. The first-order valence-electron chi connectivity index (χ1n) is 9.10. The van der Waals surface area contributed by atoms with Crippen molar-refractivity contribution in [3.8, 4) is 17.0 Å². The van der Waals surface area contributed by atoms with Crippen LogP contribution in [0.15, 0.2) is 53.9 Å². The third-order valence-electron chi connectivity index (χ3n) is 4.01. The molecule has 0 aliphatic rings. The largest absolute Gasteiger partial charge is 0.495 e. The topological polar surface area (TPSA) is 63.2 Å². The molecule has 3 aromatic rings. The Kier molecular flexibility index (Phi) is 5.99. The second kappa shape index (κ2) is 8.44. The molecule has 3 rings (SSSR count). The molecule has 0 bridgehead atoms. The van der Waals surface area contributed by atoms with Crippen molar-refractivity contribution in [3.05, 3.63) is 53.9 Å². The smallest absolute Gasteiger partial charge is 0.224 e. The molecule has 0 fully saturated rings. The summed E-state index contributed by atoms with van der Waals surface area (Å²) in [6, 6.07) is 15.5. The van der Waals surface area contributed by atoms with Gasteiger partial charge in [-0.1, -0.05) is 45.0 Å². The third-order valence-corrected chi connectivity index (χ3v) is 4.77. The molecule has 5 nitrogen and oxygen atoms in total. The second-order valence-electron chi connectivity index (χ2n) is 7.73. The van der Waals surface area contributed by atoms with Crippen LogP contribution in [0.2, 0.25) is 0 Å². The zero-order valence-electron chi connectivity index (χ0n) is 16.6. The number of methoxy groups -OCH3 is 1. The van der Waals surface area contributed by atoms with Crippen molar-refractivity contribution < 1.29 is 9.53 Å². The number of carbonyl (C=O) groups excluding carboxylic acids is 1. The summed E-state index contributed by atoms with van der Waals surface area (Å²) in [6.07, 6.45) is 0.485. The Hall–Kier alpha value is -2.86. The van der Waals surface area contributed by atoms with E-state index in [0.29, 0.717) is 6.42 Å². The molecule has 2 aromatic carbocycles. The first kappa shape index (κ1) is 19.9. The summed E-state index contributed by atoms with van der Waals surface area (Å²) in [7, 11) is 1.65. The minimum Gasteiger partial charge on any atom is -0.495 e. The number of para-hydroxylation sites is 2. The van der Waals surface area contributed by atoms with Crippen molar-refractivity contribution in [2.45, 2.75) is 27.2 Å². The molecule has 1 heterocycles. The first-order chi connectivity index (χ1) is 13.3. The quantitative estimate of drug-likeness (QED) is 0.542. The fourth-order valence-corrected chi connectivity index (χ4v) is 3.47. The fourth-order valence-electron chi connectivity index (χ4n) is 2.74. The van der Waals surface area contributed by atoms with E-state index in [-0.39, 0.29) is 11.3 Å². The van der Waals surface area contributed by atoms with Gasteiger partial charge in [0.15, 0.2) is 5.13 Å². The molecule has 146 valence electrons. The molecular formula is C22H25N3O2S. The lowest BCUT2D eigenvalue weighted by Crippen LogP contribution is -2.19. The van der Waals surface area contributed by atoms with Crippen LogP contribution in [-0.2, 0) is 4.79 Å². The predicted octanol–water partition coefficient (Wildman–Crippen LogP) is 5.94. The van der Waals surface area contributed by atoms with Crippen LogP contribution in [0.25, 0.3) is 11.3 Å². The van der Waals surface area contributed by atoms with E-state index in [1.54, 1.807) is 7.11 Å². The number of amides is 1. The van der Waals surface area contributed by atoms with Crippen LogP contribution in [-0.4, -0.2) is 18.0 Å². The third kappa shape index (κ3) is 5.33. The molecule has 0 atom stereocenters. The number of benzene rings is 2. The Morgan fingerprint density at radius 1 is 1.11 bits per heavy atom.